The topological polar surface area (TPSA) is 20.2 Å². The molecule has 1 aromatic rings. The molecule has 0 heterocycles. The molecule has 0 radical (unpaired) electrons. The number of aryl methyl sites for hydroxylation is 1. The van der Waals surface area contributed by atoms with Crippen molar-refractivity contribution in [1.29, 1.82) is 0 Å². The van der Waals surface area contributed by atoms with Crippen molar-refractivity contribution in [3.8, 4) is 5.75 Å². The van der Waals surface area contributed by atoms with Crippen molar-refractivity contribution in [2.45, 2.75) is 25.9 Å². The second-order valence-corrected chi connectivity index (χ2v) is 3.09. The largest absolute Gasteiger partial charge is 0.508 e. The van der Waals surface area contributed by atoms with Gasteiger partial charge in [0.15, 0.2) is 0 Å². The van der Waals surface area contributed by atoms with E-state index in [0.717, 1.165) is 6.07 Å². The predicted octanol–water partition coefficient (Wildman–Crippen LogP) is 3.36. The Hall–Kier alpha value is -1.19. The van der Waals surface area contributed by atoms with Gasteiger partial charge in [0.25, 0.3) is 0 Å². The van der Waals surface area contributed by atoms with Gasteiger partial charge in [0, 0.05) is 0 Å². The molecule has 0 atom stereocenters. The number of benzene rings is 1. The van der Waals surface area contributed by atoms with Crippen LogP contribution in [0.5, 0.6) is 5.75 Å². The minimum absolute atomic E-state index is 0.234. The second kappa shape index (κ2) is 3.90. The first-order valence-corrected chi connectivity index (χ1v) is 4.34. The van der Waals surface area contributed by atoms with E-state index in [4.69, 9.17) is 5.11 Å². The molecule has 0 aromatic heterocycles. The summed E-state index contributed by atoms with van der Waals surface area (Å²) < 4.78 is 37.3. The lowest BCUT2D eigenvalue weighted by atomic mass is 10.0. The van der Waals surface area contributed by atoms with E-state index in [0.29, 0.717) is 12.8 Å². The summed E-state index contributed by atoms with van der Waals surface area (Å²) in [5, 5.41) is 8.97. The third kappa shape index (κ3) is 2.40. The van der Waals surface area contributed by atoms with E-state index in [1.807, 2.05) is 6.92 Å². The molecule has 0 saturated carbocycles. The summed E-state index contributed by atoms with van der Waals surface area (Å²) in [5.74, 6) is -0.350. The maximum Gasteiger partial charge on any atom is 0.416 e. The summed E-state index contributed by atoms with van der Waals surface area (Å²) in [5.41, 5.74) is -0.503. The zero-order valence-corrected chi connectivity index (χ0v) is 7.73. The summed E-state index contributed by atoms with van der Waals surface area (Å²) in [7, 11) is 0. The molecule has 0 aliphatic heterocycles. The number of phenolic OH excluding ortho intramolecular Hbond substituents is 1. The van der Waals surface area contributed by atoms with E-state index in [-0.39, 0.29) is 11.3 Å². The molecule has 1 aromatic carbocycles. The fraction of sp³-hybridized carbons (Fsp3) is 0.400. The van der Waals surface area contributed by atoms with E-state index in [1.54, 1.807) is 0 Å². The highest BCUT2D eigenvalue weighted by Gasteiger charge is 2.33. The van der Waals surface area contributed by atoms with Crippen molar-refractivity contribution >= 4 is 0 Å². The molecular weight excluding hydrogens is 193 g/mol. The van der Waals surface area contributed by atoms with Gasteiger partial charge in [0.05, 0.1) is 5.56 Å². The molecule has 14 heavy (non-hydrogen) atoms. The highest BCUT2D eigenvalue weighted by Crippen LogP contribution is 2.34. The van der Waals surface area contributed by atoms with E-state index in [1.165, 1.54) is 12.1 Å². The van der Waals surface area contributed by atoms with Gasteiger partial charge in [-0.2, -0.15) is 13.2 Å². The first-order chi connectivity index (χ1) is 6.45. The molecule has 1 nitrogen and oxygen atoms in total. The van der Waals surface area contributed by atoms with Gasteiger partial charge >= 0.3 is 6.18 Å². The molecule has 78 valence electrons. The van der Waals surface area contributed by atoms with Crippen LogP contribution >= 0.6 is 0 Å². The number of hydrogen-bond acceptors (Lipinski definition) is 1. The van der Waals surface area contributed by atoms with Gasteiger partial charge in [-0.05, 0) is 24.1 Å². The molecule has 0 fully saturated rings. The summed E-state index contributed by atoms with van der Waals surface area (Å²) in [6.07, 6.45) is -3.37. The smallest absolute Gasteiger partial charge is 0.416 e. The quantitative estimate of drug-likeness (QED) is 0.783. The standard InChI is InChI=1S/C10H11F3O/c1-2-3-7-4-5-8(14)6-9(7)10(11,12)13/h4-6,14H,2-3H2,1H3. The molecule has 1 rings (SSSR count). The number of rotatable bonds is 2. The number of aromatic hydroxyl groups is 1. The molecule has 0 unspecified atom stereocenters. The van der Waals surface area contributed by atoms with E-state index < -0.39 is 11.7 Å². The first kappa shape index (κ1) is 10.9. The Bertz CT molecular complexity index is 318. The Labute approximate surface area is 80.2 Å². The van der Waals surface area contributed by atoms with Gasteiger partial charge in [0.1, 0.15) is 5.75 Å². The maximum absolute atomic E-state index is 12.4. The van der Waals surface area contributed by atoms with Crippen molar-refractivity contribution in [2.24, 2.45) is 0 Å². The Morgan fingerprint density at radius 3 is 2.43 bits per heavy atom. The fourth-order valence-electron chi connectivity index (χ4n) is 1.32. The zero-order chi connectivity index (χ0) is 10.8. The van der Waals surface area contributed by atoms with Gasteiger partial charge in [0.2, 0.25) is 0 Å². The van der Waals surface area contributed by atoms with Crippen molar-refractivity contribution in [1.82, 2.24) is 0 Å². The van der Waals surface area contributed by atoms with Crippen molar-refractivity contribution in [3.63, 3.8) is 0 Å². The van der Waals surface area contributed by atoms with E-state index >= 15 is 0 Å². The molecule has 0 aliphatic rings. The normalized spacial score (nSPS) is 11.7. The van der Waals surface area contributed by atoms with Crippen LogP contribution in [0.4, 0.5) is 13.2 Å². The van der Waals surface area contributed by atoms with E-state index in [9.17, 15) is 13.2 Å². The Kier molecular flexibility index (Phi) is 3.03. The van der Waals surface area contributed by atoms with Crippen molar-refractivity contribution in [3.05, 3.63) is 29.3 Å². The van der Waals surface area contributed by atoms with Crippen LogP contribution in [-0.2, 0) is 12.6 Å². The van der Waals surface area contributed by atoms with Crippen LogP contribution in [0, 0.1) is 0 Å². The summed E-state index contributed by atoms with van der Waals surface area (Å²) >= 11 is 0. The van der Waals surface area contributed by atoms with Crippen LogP contribution in [0.3, 0.4) is 0 Å². The predicted molar refractivity (Wildman–Crippen MR) is 47.1 cm³/mol. The summed E-state index contributed by atoms with van der Waals surface area (Å²) in [6, 6.07) is 3.37. The number of alkyl halides is 3. The number of halogens is 3. The van der Waals surface area contributed by atoms with Crippen LogP contribution < -0.4 is 0 Å². The van der Waals surface area contributed by atoms with Gasteiger partial charge in [-0.3, -0.25) is 0 Å². The lowest BCUT2D eigenvalue weighted by Gasteiger charge is -2.12. The lowest BCUT2D eigenvalue weighted by molar-refractivity contribution is -0.138. The molecule has 0 spiro atoms. The maximum atomic E-state index is 12.4. The third-order valence-electron chi connectivity index (χ3n) is 1.92. The molecule has 0 aliphatic carbocycles. The lowest BCUT2D eigenvalue weighted by Crippen LogP contribution is -2.08. The molecule has 1 N–H and O–H groups in total. The van der Waals surface area contributed by atoms with E-state index in [2.05, 4.69) is 0 Å². The SMILES string of the molecule is CCCc1ccc(O)cc1C(F)(F)F. The molecular formula is C10H11F3O. The zero-order valence-electron chi connectivity index (χ0n) is 7.73. The van der Waals surface area contributed by atoms with Crippen LogP contribution in [0.1, 0.15) is 24.5 Å². The fourth-order valence-corrected chi connectivity index (χ4v) is 1.32. The third-order valence-corrected chi connectivity index (χ3v) is 1.92. The number of hydrogen-bond donors (Lipinski definition) is 1. The Balaban J connectivity index is 3.16. The minimum atomic E-state index is -4.39. The van der Waals surface area contributed by atoms with Gasteiger partial charge in [-0.15, -0.1) is 0 Å². The van der Waals surface area contributed by atoms with Crippen LogP contribution in [-0.4, -0.2) is 5.11 Å². The monoisotopic (exact) mass is 204 g/mol. The highest BCUT2D eigenvalue weighted by molar-refractivity contribution is 5.36. The van der Waals surface area contributed by atoms with Crippen molar-refractivity contribution < 1.29 is 18.3 Å². The van der Waals surface area contributed by atoms with Gasteiger partial charge < -0.3 is 5.11 Å². The molecule has 0 saturated heterocycles. The average Bonchev–Trinajstić information content (AvgIpc) is 2.07. The summed E-state index contributed by atoms with van der Waals surface area (Å²) in [6.45, 7) is 1.81. The van der Waals surface area contributed by atoms with Gasteiger partial charge in [-0.1, -0.05) is 19.4 Å². The van der Waals surface area contributed by atoms with Crippen LogP contribution in [0.2, 0.25) is 0 Å². The second-order valence-electron chi connectivity index (χ2n) is 3.09. The highest BCUT2D eigenvalue weighted by atomic mass is 19.4. The summed E-state index contributed by atoms with van der Waals surface area (Å²) in [4.78, 5) is 0. The minimum Gasteiger partial charge on any atom is -0.508 e. The van der Waals surface area contributed by atoms with Gasteiger partial charge in [-0.25, -0.2) is 0 Å². The Morgan fingerprint density at radius 2 is 1.93 bits per heavy atom. The number of phenols is 1. The first-order valence-electron chi connectivity index (χ1n) is 4.34. The Morgan fingerprint density at radius 1 is 1.29 bits per heavy atom. The molecule has 0 bridgehead atoms. The average molecular weight is 204 g/mol. The molecule has 0 amide bonds. The molecule has 4 heteroatoms. The van der Waals surface area contributed by atoms with Crippen molar-refractivity contribution in [2.75, 3.05) is 0 Å². The van der Waals surface area contributed by atoms with Crippen LogP contribution in [0.15, 0.2) is 18.2 Å². The van der Waals surface area contributed by atoms with Crippen LogP contribution in [0.25, 0.3) is 0 Å².